The molecule has 1 amide bonds. The number of aromatic amines is 1. The molecule has 0 atom stereocenters. The summed E-state index contributed by atoms with van der Waals surface area (Å²) in [5.74, 6) is -0.100. The van der Waals surface area contributed by atoms with E-state index in [0.717, 1.165) is 29.7 Å². The van der Waals surface area contributed by atoms with Crippen molar-refractivity contribution in [1.29, 1.82) is 0 Å². The van der Waals surface area contributed by atoms with Crippen LogP contribution in [0.25, 0.3) is 10.9 Å². The minimum atomic E-state index is -0.477. The zero-order valence-electron chi connectivity index (χ0n) is 15.4. The smallest absolute Gasteiger partial charge is 0.293 e. The highest BCUT2D eigenvalue weighted by Crippen LogP contribution is 2.28. The van der Waals surface area contributed by atoms with E-state index in [2.05, 4.69) is 27.4 Å². The van der Waals surface area contributed by atoms with Gasteiger partial charge in [0.05, 0.1) is 10.6 Å². The number of nitrogens with two attached hydrogens (primary N) is 1. The van der Waals surface area contributed by atoms with Crippen LogP contribution in [0, 0.1) is 10.1 Å². The second kappa shape index (κ2) is 7.12. The maximum absolute atomic E-state index is 12.6. The van der Waals surface area contributed by atoms with Gasteiger partial charge in [-0.2, -0.15) is 5.10 Å². The zero-order valence-corrected chi connectivity index (χ0v) is 15.4. The van der Waals surface area contributed by atoms with E-state index in [1.165, 1.54) is 6.07 Å². The van der Waals surface area contributed by atoms with Crippen LogP contribution in [0.3, 0.4) is 0 Å². The van der Waals surface area contributed by atoms with Crippen LogP contribution >= 0.6 is 0 Å². The van der Waals surface area contributed by atoms with Crippen LogP contribution in [0.1, 0.15) is 28.0 Å². The van der Waals surface area contributed by atoms with Gasteiger partial charge < -0.3 is 16.0 Å². The first-order valence-electron chi connectivity index (χ1n) is 8.90. The monoisotopic (exact) mass is 390 g/mol. The standard InChI is InChI=1S/C20H18N6O3/c1-11(21)24-25-16-8-5-12-9-14(6-7-15(12)16)22-20(27)17-10-13-3-2-4-18(26(28)29)19(13)23-17/h2-4,6-7,9-10,23-24H,1,5,8,21H2,(H,22,27)/b25-16-. The van der Waals surface area contributed by atoms with Gasteiger partial charge in [0.2, 0.25) is 0 Å². The van der Waals surface area contributed by atoms with Gasteiger partial charge in [0.1, 0.15) is 17.0 Å². The summed E-state index contributed by atoms with van der Waals surface area (Å²) in [7, 11) is 0. The number of carbonyl (C=O) groups excluding carboxylic acids is 1. The number of rotatable bonds is 5. The van der Waals surface area contributed by atoms with Crippen molar-refractivity contribution in [2.24, 2.45) is 10.8 Å². The number of non-ortho nitro benzene ring substituents is 1. The van der Waals surface area contributed by atoms with Crippen LogP contribution in [-0.2, 0) is 6.42 Å². The Morgan fingerprint density at radius 1 is 1.24 bits per heavy atom. The zero-order chi connectivity index (χ0) is 20.5. The molecule has 2 aromatic carbocycles. The average Bonchev–Trinajstić information content (AvgIpc) is 3.29. The Labute approximate surface area is 165 Å². The third-order valence-corrected chi connectivity index (χ3v) is 4.72. The Hall–Kier alpha value is -4.14. The van der Waals surface area contributed by atoms with Gasteiger partial charge in [-0.05, 0) is 36.6 Å². The molecule has 0 radical (unpaired) electrons. The van der Waals surface area contributed by atoms with E-state index in [9.17, 15) is 14.9 Å². The maximum Gasteiger partial charge on any atom is 0.293 e. The number of nitro groups is 1. The lowest BCUT2D eigenvalue weighted by molar-refractivity contribution is -0.383. The maximum atomic E-state index is 12.6. The average molecular weight is 390 g/mol. The highest BCUT2D eigenvalue weighted by molar-refractivity contribution is 6.08. The predicted octanol–water partition coefficient (Wildman–Crippen LogP) is 3.00. The lowest BCUT2D eigenvalue weighted by Crippen LogP contribution is -2.15. The largest absolute Gasteiger partial charge is 0.385 e. The molecule has 0 fully saturated rings. The number of nitro benzene ring substituents is 1. The van der Waals surface area contributed by atoms with Gasteiger partial charge >= 0.3 is 0 Å². The predicted molar refractivity (Wildman–Crippen MR) is 111 cm³/mol. The third kappa shape index (κ3) is 3.53. The number of amides is 1. The van der Waals surface area contributed by atoms with Crippen LogP contribution in [0.2, 0.25) is 0 Å². The van der Waals surface area contributed by atoms with E-state index in [1.807, 2.05) is 12.1 Å². The number of H-pyrrole nitrogens is 1. The molecular formula is C20H18N6O3. The van der Waals surface area contributed by atoms with Gasteiger partial charge in [0.25, 0.3) is 11.6 Å². The van der Waals surface area contributed by atoms with Crippen LogP contribution in [-0.4, -0.2) is 21.5 Å². The molecule has 29 heavy (non-hydrogen) atoms. The lowest BCUT2D eigenvalue weighted by Gasteiger charge is -2.07. The first kappa shape index (κ1) is 18.2. The van der Waals surface area contributed by atoms with Crippen molar-refractivity contribution in [3.8, 4) is 0 Å². The van der Waals surface area contributed by atoms with Crippen molar-refractivity contribution in [3.05, 3.63) is 81.8 Å². The molecular weight excluding hydrogens is 372 g/mol. The molecule has 1 aliphatic rings. The van der Waals surface area contributed by atoms with Gasteiger partial charge in [-0.25, -0.2) is 0 Å². The van der Waals surface area contributed by atoms with Crippen LogP contribution in [0.5, 0.6) is 0 Å². The fourth-order valence-corrected chi connectivity index (χ4v) is 3.42. The number of fused-ring (bicyclic) bond motifs is 2. The molecule has 4 rings (SSSR count). The molecule has 9 heteroatoms. The lowest BCUT2D eigenvalue weighted by atomic mass is 10.1. The Bertz CT molecular complexity index is 1190. The minimum absolute atomic E-state index is 0.0698. The normalized spacial score (nSPS) is 14.0. The molecule has 1 heterocycles. The summed E-state index contributed by atoms with van der Waals surface area (Å²) in [6.07, 6.45) is 1.56. The van der Waals surface area contributed by atoms with Crippen molar-refractivity contribution in [3.63, 3.8) is 0 Å². The molecule has 1 aromatic heterocycles. The van der Waals surface area contributed by atoms with Crippen LogP contribution in [0.15, 0.2) is 60.0 Å². The van der Waals surface area contributed by atoms with Crippen LogP contribution < -0.4 is 16.5 Å². The number of carbonyl (C=O) groups is 1. The van der Waals surface area contributed by atoms with E-state index < -0.39 is 4.92 Å². The number of hydrogen-bond donors (Lipinski definition) is 4. The van der Waals surface area contributed by atoms with Crippen LogP contribution in [0.4, 0.5) is 11.4 Å². The number of benzene rings is 2. The minimum Gasteiger partial charge on any atom is -0.385 e. The van der Waals surface area contributed by atoms with Gasteiger partial charge in [-0.3, -0.25) is 20.3 Å². The highest BCUT2D eigenvalue weighted by Gasteiger charge is 2.20. The van der Waals surface area contributed by atoms with E-state index in [0.29, 0.717) is 16.6 Å². The Balaban J connectivity index is 1.56. The summed E-state index contributed by atoms with van der Waals surface area (Å²) in [6, 6.07) is 11.9. The molecule has 146 valence electrons. The Kier molecular flexibility index (Phi) is 4.47. The first-order chi connectivity index (χ1) is 13.9. The summed E-state index contributed by atoms with van der Waals surface area (Å²) in [5, 5.41) is 18.8. The van der Waals surface area contributed by atoms with Gasteiger partial charge in [0, 0.05) is 22.7 Å². The second-order valence-electron chi connectivity index (χ2n) is 6.70. The molecule has 5 N–H and O–H groups in total. The van der Waals surface area contributed by atoms with Crippen molar-refractivity contribution in [2.45, 2.75) is 12.8 Å². The number of hydrogen-bond acceptors (Lipinski definition) is 6. The molecule has 0 aliphatic heterocycles. The molecule has 1 aliphatic carbocycles. The first-order valence-corrected chi connectivity index (χ1v) is 8.90. The summed E-state index contributed by atoms with van der Waals surface area (Å²) >= 11 is 0. The fraction of sp³-hybridized carbons (Fsp3) is 0.100. The second-order valence-corrected chi connectivity index (χ2v) is 6.70. The fourth-order valence-electron chi connectivity index (χ4n) is 3.42. The number of nitrogens with zero attached hydrogens (tertiary/aromatic N) is 2. The summed E-state index contributed by atoms with van der Waals surface area (Å²) < 4.78 is 0. The van der Waals surface area contributed by atoms with Gasteiger partial charge in [0.15, 0.2) is 0 Å². The number of hydrazone groups is 1. The number of anilines is 1. The van der Waals surface area contributed by atoms with Crippen molar-refractivity contribution >= 4 is 33.9 Å². The van der Waals surface area contributed by atoms with E-state index >= 15 is 0 Å². The number of nitrogens with one attached hydrogen (secondary N) is 3. The third-order valence-electron chi connectivity index (χ3n) is 4.72. The quantitative estimate of drug-likeness (QED) is 0.392. The summed E-state index contributed by atoms with van der Waals surface area (Å²) in [5.41, 5.74) is 12.2. The molecule has 3 aromatic rings. The van der Waals surface area contributed by atoms with Crippen molar-refractivity contribution in [1.82, 2.24) is 10.4 Å². The number of aromatic nitrogens is 1. The highest BCUT2D eigenvalue weighted by atomic mass is 16.6. The molecule has 0 spiro atoms. The van der Waals surface area contributed by atoms with Gasteiger partial charge in [-0.1, -0.05) is 24.8 Å². The SMILES string of the molecule is C=C(N)N/N=C1/CCc2cc(NC(=O)c3cc4cccc([N+](=O)[O-])c4[nH]3)ccc21. The van der Waals surface area contributed by atoms with Crippen molar-refractivity contribution in [2.75, 3.05) is 5.32 Å². The molecule has 0 unspecified atom stereocenters. The van der Waals surface area contributed by atoms with Crippen molar-refractivity contribution < 1.29 is 9.72 Å². The Morgan fingerprint density at radius 3 is 2.83 bits per heavy atom. The summed E-state index contributed by atoms with van der Waals surface area (Å²) in [6.45, 7) is 3.55. The molecule has 0 saturated carbocycles. The topological polar surface area (TPSA) is 138 Å². The van der Waals surface area contributed by atoms with Gasteiger partial charge in [-0.15, -0.1) is 0 Å². The molecule has 0 bridgehead atoms. The number of para-hydroxylation sites is 1. The number of aryl methyl sites for hydroxylation is 1. The van der Waals surface area contributed by atoms with E-state index in [-0.39, 0.29) is 23.1 Å². The van der Waals surface area contributed by atoms with E-state index in [1.54, 1.807) is 24.3 Å². The summed E-state index contributed by atoms with van der Waals surface area (Å²) in [4.78, 5) is 26.2. The van der Waals surface area contributed by atoms with E-state index in [4.69, 9.17) is 5.73 Å². The Morgan fingerprint density at radius 2 is 2.07 bits per heavy atom. The molecule has 9 nitrogen and oxygen atoms in total. The molecule has 0 saturated heterocycles.